The lowest BCUT2D eigenvalue weighted by atomic mass is 10.3. The summed E-state index contributed by atoms with van der Waals surface area (Å²) in [6, 6.07) is 0. The number of aliphatic imine (C=N–C) groups is 1. The van der Waals surface area contributed by atoms with E-state index in [-0.39, 0.29) is 0 Å². The molecule has 1 aliphatic rings. The summed E-state index contributed by atoms with van der Waals surface area (Å²) in [5.41, 5.74) is 6.76. The molecule has 0 amide bonds. The number of allylic oxidation sites excluding steroid dienone is 2. The van der Waals surface area contributed by atoms with Crippen LogP contribution in [0.1, 0.15) is 33.1 Å². The van der Waals surface area contributed by atoms with Crippen molar-refractivity contribution in [2.45, 2.75) is 33.1 Å². The maximum Gasteiger partial charge on any atom is 0.151 e. The molecule has 0 spiro atoms. The van der Waals surface area contributed by atoms with Gasteiger partial charge in [-0.25, -0.2) is 4.99 Å². The second kappa shape index (κ2) is 6.27. The summed E-state index contributed by atoms with van der Waals surface area (Å²) >= 11 is 0. The molecular formula is C12H21N3. The van der Waals surface area contributed by atoms with Crippen molar-refractivity contribution in [3.8, 4) is 0 Å². The molecule has 0 radical (unpaired) electrons. The van der Waals surface area contributed by atoms with Gasteiger partial charge in [-0.3, -0.25) is 0 Å². The first-order valence-electron chi connectivity index (χ1n) is 5.73. The van der Waals surface area contributed by atoms with Gasteiger partial charge in [0.2, 0.25) is 0 Å². The van der Waals surface area contributed by atoms with Crippen molar-refractivity contribution < 1.29 is 0 Å². The second-order valence-corrected chi connectivity index (χ2v) is 3.72. The highest BCUT2D eigenvalue weighted by molar-refractivity contribution is 5.62. The van der Waals surface area contributed by atoms with Crippen LogP contribution in [0, 0.1) is 0 Å². The van der Waals surface area contributed by atoms with Crippen molar-refractivity contribution in [2.24, 2.45) is 10.7 Å². The van der Waals surface area contributed by atoms with E-state index in [1.54, 1.807) is 0 Å². The summed E-state index contributed by atoms with van der Waals surface area (Å²) in [6.07, 6.45) is 9.04. The molecule has 0 aromatic carbocycles. The van der Waals surface area contributed by atoms with Gasteiger partial charge in [0.05, 0.1) is 5.70 Å². The molecule has 0 saturated carbocycles. The summed E-state index contributed by atoms with van der Waals surface area (Å²) in [6.45, 7) is 6.40. The predicted octanol–water partition coefficient (Wildman–Crippen LogP) is 2.27. The van der Waals surface area contributed by atoms with E-state index in [1.807, 2.05) is 18.4 Å². The fourth-order valence-corrected chi connectivity index (χ4v) is 1.67. The normalized spacial score (nSPS) is 15.6. The van der Waals surface area contributed by atoms with Crippen molar-refractivity contribution in [1.29, 1.82) is 0 Å². The maximum absolute atomic E-state index is 5.98. The van der Waals surface area contributed by atoms with Crippen LogP contribution in [0.3, 0.4) is 0 Å². The summed E-state index contributed by atoms with van der Waals surface area (Å²) in [7, 11) is 0. The number of hydrogen-bond acceptors (Lipinski definition) is 3. The minimum Gasteiger partial charge on any atom is -0.396 e. The zero-order valence-corrected chi connectivity index (χ0v) is 9.74. The summed E-state index contributed by atoms with van der Waals surface area (Å²) in [5, 5.41) is 0. The summed E-state index contributed by atoms with van der Waals surface area (Å²) < 4.78 is 0. The van der Waals surface area contributed by atoms with Gasteiger partial charge in [-0.05, 0) is 18.9 Å². The Morgan fingerprint density at radius 3 is 2.60 bits per heavy atom. The van der Waals surface area contributed by atoms with Gasteiger partial charge in [0.15, 0.2) is 5.82 Å². The zero-order valence-electron chi connectivity index (χ0n) is 9.74. The molecule has 0 aromatic rings. The van der Waals surface area contributed by atoms with Gasteiger partial charge in [0.25, 0.3) is 0 Å². The van der Waals surface area contributed by atoms with E-state index in [0.717, 1.165) is 43.9 Å². The highest BCUT2D eigenvalue weighted by atomic mass is 15.2. The average Bonchev–Trinajstić information content (AvgIpc) is 2.43. The first-order chi connectivity index (χ1) is 7.29. The second-order valence-electron chi connectivity index (χ2n) is 3.72. The Bertz CT molecular complexity index is 271. The Balaban J connectivity index is 2.83. The Labute approximate surface area is 92.4 Å². The number of rotatable bonds is 5. The molecule has 0 aromatic heterocycles. The fourth-order valence-electron chi connectivity index (χ4n) is 1.67. The van der Waals surface area contributed by atoms with E-state index in [0.29, 0.717) is 0 Å². The van der Waals surface area contributed by atoms with Crippen molar-refractivity contribution in [2.75, 3.05) is 13.1 Å². The molecule has 1 heterocycles. The van der Waals surface area contributed by atoms with Gasteiger partial charge < -0.3 is 10.6 Å². The molecule has 3 nitrogen and oxygen atoms in total. The molecule has 0 fully saturated rings. The summed E-state index contributed by atoms with van der Waals surface area (Å²) in [4.78, 5) is 6.70. The van der Waals surface area contributed by atoms with E-state index in [2.05, 4.69) is 23.7 Å². The van der Waals surface area contributed by atoms with Crippen LogP contribution >= 0.6 is 0 Å². The third-order valence-electron chi connectivity index (χ3n) is 2.30. The Morgan fingerprint density at radius 2 is 2.00 bits per heavy atom. The smallest absolute Gasteiger partial charge is 0.151 e. The standard InChI is InChI=1S/C12H21N3/c1-3-9-15(10-4-2)12-11(13)7-5-6-8-14-12/h5,7-8H,3-4,6,9-10,13H2,1-2H3. The maximum atomic E-state index is 5.98. The van der Waals surface area contributed by atoms with Crippen molar-refractivity contribution in [3.63, 3.8) is 0 Å². The average molecular weight is 207 g/mol. The van der Waals surface area contributed by atoms with Gasteiger partial charge in [0.1, 0.15) is 0 Å². The lowest BCUT2D eigenvalue weighted by molar-refractivity contribution is 0.339. The van der Waals surface area contributed by atoms with Crippen molar-refractivity contribution in [3.05, 3.63) is 23.7 Å². The number of nitrogens with zero attached hydrogens (tertiary/aromatic N) is 2. The van der Waals surface area contributed by atoms with E-state index >= 15 is 0 Å². The van der Waals surface area contributed by atoms with Crippen LogP contribution in [-0.2, 0) is 0 Å². The zero-order chi connectivity index (χ0) is 11.1. The number of nitrogens with two attached hydrogens (primary N) is 1. The van der Waals surface area contributed by atoms with Crippen LogP contribution < -0.4 is 5.73 Å². The SMILES string of the molecule is CCCN(CCC)C1=C(N)C=CCC=N1. The first-order valence-corrected chi connectivity index (χ1v) is 5.73. The van der Waals surface area contributed by atoms with Crippen LogP contribution in [0.2, 0.25) is 0 Å². The molecule has 1 aliphatic heterocycles. The Kier molecular flexibility index (Phi) is 4.95. The highest BCUT2D eigenvalue weighted by Gasteiger charge is 2.10. The molecular weight excluding hydrogens is 186 g/mol. The topological polar surface area (TPSA) is 41.6 Å². The predicted molar refractivity (Wildman–Crippen MR) is 65.6 cm³/mol. The van der Waals surface area contributed by atoms with Gasteiger partial charge in [0, 0.05) is 25.7 Å². The quantitative estimate of drug-likeness (QED) is 0.751. The third kappa shape index (κ3) is 3.42. The van der Waals surface area contributed by atoms with E-state index in [4.69, 9.17) is 5.73 Å². The fraction of sp³-hybridized carbons (Fsp3) is 0.583. The van der Waals surface area contributed by atoms with Crippen LogP contribution in [0.25, 0.3) is 0 Å². The Morgan fingerprint density at radius 1 is 1.33 bits per heavy atom. The molecule has 0 atom stereocenters. The minimum absolute atomic E-state index is 0.783. The molecule has 1 rings (SSSR count). The van der Waals surface area contributed by atoms with Crippen LogP contribution in [0.15, 0.2) is 28.7 Å². The number of hydrogen-bond donors (Lipinski definition) is 1. The Hall–Kier alpha value is -1.25. The first kappa shape index (κ1) is 11.8. The monoisotopic (exact) mass is 207 g/mol. The van der Waals surface area contributed by atoms with E-state index in [1.165, 1.54) is 0 Å². The van der Waals surface area contributed by atoms with Gasteiger partial charge in [-0.15, -0.1) is 0 Å². The third-order valence-corrected chi connectivity index (χ3v) is 2.30. The molecule has 0 saturated heterocycles. The molecule has 15 heavy (non-hydrogen) atoms. The summed E-state index contributed by atoms with van der Waals surface area (Å²) in [5.74, 6) is 0.937. The van der Waals surface area contributed by atoms with Crippen molar-refractivity contribution in [1.82, 2.24) is 4.90 Å². The largest absolute Gasteiger partial charge is 0.396 e. The van der Waals surface area contributed by atoms with Gasteiger partial charge >= 0.3 is 0 Å². The van der Waals surface area contributed by atoms with Gasteiger partial charge in [-0.2, -0.15) is 0 Å². The van der Waals surface area contributed by atoms with Gasteiger partial charge in [-0.1, -0.05) is 19.9 Å². The van der Waals surface area contributed by atoms with E-state index in [9.17, 15) is 0 Å². The van der Waals surface area contributed by atoms with Crippen LogP contribution in [0.5, 0.6) is 0 Å². The van der Waals surface area contributed by atoms with E-state index < -0.39 is 0 Å². The highest BCUT2D eigenvalue weighted by Crippen LogP contribution is 2.13. The van der Waals surface area contributed by atoms with Crippen LogP contribution in [-0.4, -0.2) is 24.2 Å². The van der Waals surface area contributed by atoms with Crippen LogP contribution in [0.4, 0.5) is 0 Å². The minimum atomic E-state index is 0.783. The molecule has 0 bridgehead atoms. The lowest BCUT2D eigenvalue weighted by Crippen LogP contribution is -2.26. The molecule has 0 aliphatic carbocycles. The molecule has 84 valence electrons. The lowest BCUT2D eigenvalue weighted by Gasteiger charge is -2.24. The molecule has 3 heteroatoms. The van der Waals surface area contributed by atoms with Crippen molar-refractivity contribution >= 4 is 6.21 Å². The molecule has 2 N–H and O–H groups in total. The molecule has 0 unspecified atom stereocenters.